The number of nitrogens with zero attached hydrogens (tertiary/aromatic N) is 2. The van der Waals surface area contributed by atoms with E-state index in [1.165, 1.54) is 20.9 Å². The van der Waals surface area contributed by atoms with Crippen molar-refractivity contribution in [3.8, 4) is 0 Å². The second-order valence-corrected chi connectivity index (χ2v) is 20.1. The molecule has 416 valence electrons. The van der Waals surface area contributed by atoms with Gasteiger partial charge in [-0.2, -0.15) is 0 Å². The molecular weight excluding hydrogens is 969 g/mol. The van der Waals surface area contributed by atoms with Gasteiger partial charge in [-0.15, -0.1) is 0 Å². The molecule has 22 heteroatoms. The molecule has 3 unspecified atom stereocenters. The van der Waals surface area contributed by atoms with Gasteiger partial charge in [-0.3, -0.25) is 38.6 Å². The maximum Gasteiger partial charge on any atom is 0.327 e. The number of likely N-dealkylation sites (N-methyl/N-ethyl adjacent to an activating group) is 1. The number of nitrogens with one attached hydrogen (secondary N) is 6. The predicted molar refractivity (Wildman–Crippen MR) is 283 cm³/mol. The summed E-state index contributed by atoms with van der Waals surface area (Å²) >= 11 is 0. The molecular formula is C53H82N10O12. The highest BCUT2D eigenvalue weighted by molar-refractivity contribution is 6.00. The summed E-state index contributed by atoms with van der Waals surface area (Å²) in [6.45, 7) is 17.5. The van der Waals surface area contributed by atoms with Crippen LogP contribution in [0.3, 0.4) is 0 Å². The number of unbranched alkanes of at least 4 members (excludes halogenated alkanes) is 1. The highest BCUT2D eigenvalue weighted by atomic mass is 16.5. The molecule has 2 rings (SSSR count). The second-order valence-electron chi connectivity index (χ2n) is 20.1. The lowest BCUT2D eigenvalue weighted by Gasteiger charge is -2.29. The Labute approximate surface area is 440 Å². The van der Waals surface area contributed by atoms with Crippen LogP contribution >= 0.6 is 0 Å². The Morgan fingerprint density at radius 2 is 1.35 bits per heavy atom. The quantitative estimate of drug-likeness (QED) is 0.0331. The minimum Gasteiger partial charge on any atom is -0.480 e. The minimum absolute atomic E-state index is 0.0118. The Bertz CT molecular complexity index is 2250. The van der Waals surface area contributed by atoms with Gasteiger partial charge in [0.15, 0.2) is 5.96 Å². The molecule has 75 heavy (non-hydrogen) atoms. The largest absolute Gasteiger partial charge is 0.480 e. The Balaban J connectivity index is 2.78. The number of carbonyl (C=O) groups is 9. The van der Waals surface area contributed by atoms with Gasteiger partial charge in [0, 0.05) is 33.0 Å². The van der Waals surface area contributed by atoms with Crippen molar-refractivity contribution in [3.05, 3.63) is 72.0 Å². The van der Waals surface area contributed by atoms with E-state index in [4.69, 9.17) is 16.2 Å². The lowest BCUT2D eigenvalue weighted by Crippen LogP contribution is -2.59. The number of amides is 7. The Morgan fingerprint density at radius 1 is 0.787 bits per heavy atom. The lowest BCUT2D eigenvalue weighted by atomic mass is 9.94. The van der Waals surface area contributed by atoms with E-state index in [1.54, 1.807) is 47.0 Å². The molecule has 1 aromatic rings. The molecule has 0 spiro atoms. The third-order valence-electron chi connectivity index (χ3n) is 12.8. The number of rotatable bonds is 18. The molecule has 0 saturated carbocycles. The van der Waals surface area contributed by atoms with E-state index in [0.29, 0.717) is 18.4 Å². The average Bonchev–Trinajstić information content (AvgIpc) is 3.34. The highest BCUT2D eigenvalue weighted by Crippen LogP contribution is 2.19. The topological polar surface area (TPSA) is 343 Å². The van der Waals surface area contributed by atoms with E-state index >= 15 is 0 Å². The van der Waals surface area contributed by atoms with Crippen molar-refractivity contribution in [2.24, 2.45) is 46.0 Å². The number of methoxy groups -OCH3 is 1. The molecule has 0 aromatic heterocycles. The van der Waals surface area contributed by atoms with Crippen LogP contribution in [0.5, 0.6) is 0 Å². The molecule has 0 radical (unpaired) electrons. The van der Waals surface area contributed by atoms with Crippen LogP contribution in [0.4, 0.5) is 0 Å². The number of aliphatic imine (C=N–C) groups is 1. The fraction of sp³-hybridized carbons (Fsp3) is 0.585. The van der Waals surface area contributed by atoms with E-state index < -0.39 is 120 Å². The van der Waals surface area contributed by atoms with Crippen molar-refractivity contribution in [1.82, 2.24) is 36.8 Å². The summed E-state index contributed by atoms with van der Waals surface area (Å²) in [4.78, 5) is 128. The molecule has 1 aromatic carbocycles. The number of hydrogen-bond donors (Lipinski definition) is 10. The SMILES string of the molecule is C=C1C(=O)NC(CC(C)C)C(=O)N[C@@H](CC(C)C)C(=O)N[C@@H](C(=O)O)[C@H](C)C(=O)N[C@@H](CCCCN=C(N)N)C(=O)NC(/C=C/C(C)=C/[C@H](C)[C@H](Cc2ccccc2)OC)[C@H](C)C(=O)NC(C(=O)O)CCC(=O)N1C. The molecule has 1 saturated heterocycles. The van der Waals surface area contributed by atoms with E-state index in [-0.39, 0.29) is 62.0 Å². The molecule has 0 aliphatic carbocycles. The summed E-state index contributed by atoms with van der Waals surface area (Å²) < 4.78 is 5.83. The summed E-state index contributed by atoms with van der Waals surface area (Å²) in [5, 5.41) is 36.2. The highest BCUT2D eigenvalue weighted by Gasteiger charge is 2.38. The monoisotopic (exact) mass is 1050 g/mol. The number of carboxylic acids is 2. The number of ether oxygens (including phenoxy) is 1. The van der Waals surface area contributed by atoms with Crippen molar-refractivity contribution in [2.75, 3.05) is 20.7 Å². The first kappa shape index (κ1) is 64.0. The van der Waals surface area contributed by atoms with Gasteiger partial charge in [0.1, 0.15) is 35.9 Å². The second kappa shape index (κ2) is 31.6. The number of allylic oxidation sites excluding steroid dienone is 2. The molecule has 1 aliphatic rings. The number of carboxylic acid groups (broad SMARTS) is 2. The Kier molecular flexibility index (Phi) is 27.0. The van der Waals surface area contributed by atoms with Crippen LogP contribution in [0.15, 0.2) is 71.4 Å². The number of carbonyl (C=O) groups excluding carboxylic acids is 7. The van der Waals surface area contributed by atoms with E-state index in [2.05, 4.69) is 43.5 Å². The summed E-state index contributed by atoms with van der Waals surface area (Å²) in [6, 6.07) is 1.12. The molecule has 7 amide bonds. The van der Waals surface area contributed by atoms with Crippen LogP contribution in [-0.2, 0) is 54.3 Å². The average molecular weight is 1050 g/mol. The summed E-state index contributed by atoms with van der Waals surface area (Å²) in [5.74, 6) is -12.5. The van der Waals surface area contributed by atoms with Gasteiger partial charge in [-0.25, -0.2) is 9.59 Å². The van der Waals surface area contributed by atoms with Crippen LogP contribution in [-0.4, -0.2) is 137 Å². The molecule has 1 heterocycles. The molecule has 22 nitrogen and oxygen atoms in total. The summed E-state index contributed by atoms with van der Waals surface area (Å²) in [7, 11) is 2.85. The molecule has 12 N–H and O–H groups in total. The third kappa shape index (κ3) is 22.1. The Morgan fingerprint density at radius 3 is 1.91 bits per heavy atom. The first-order valence-electron chi connectivity index (χ1n) is 25.4. The summed E-state index contributed by atoms with van der Waals surface area (Å²) in [5.41, 5.74) is 12.4. The van der Waals surface area contributed by atoms with Gasteiger partial charge in [-0.1, -0.05) is 109 Å². The number of aliphatic carboxylic acids is 2. The Hall–Kier alpha value is -7.10. The smallest absolute Gasteiger partial charge is 0.327 e. The van der Waals surface area contributed by atoms with E-state index in [0.717, 1.165) is 10.5 Å². The van der Waals surface area contributed by atoms with Crippen molar-refractivity contribution >= 4 is 59.2 Å². The third-order valence-corrected chi connectivity index (χ3v) is 12.8. The maximum atomic E-state index is 14.5. The first-order valence-corrected chi connectivity index (χ1v) is 25.4. The number of benzene rings is 1. The predicted octanol–water partition coefficient (Wildman–Crippen LogP) is 2.03. The zero-order valence-electron chi connectivity index (χ0n) is 45.1. The van der Waals surface area contributed by atoms with E-state index in [1.807, 2.05) is 50.3 Å². The van der Waals surface area contributed by atoms with Crippen LogP contribution < -0.4 is 43.4 Å². The van der Waals surface area contributed by atoms with E-state index in [9.17, 15) is 53.4 Å². The van der Waals surface area contributed by atoms with Gasteiger partial charge in [0.05, 0.1) is 24.0 Å². The minimum atomic E-state index is -1.88. The molecule has 0 bridgehead atoms. The number of nitrogens with two attached hydrogens (primary N) is 2. The van der Waals surface area contributed by atoms with Gasteiger partial charge >= 0.3 is 11.9 Å². The molecule has 10 atom stereocenters. The lowest BCUT2D eigenvalue weighted by molar-refractivity contribution is -0.146. The number of guanidine groups is 1. The van der Waals surface area contributed by atoms with Crippen LogP contribution in [0.25, 0.3) is 0 Å². The molecule has 1 aliphatic heterocycles. The van der Waals surface area contributed by atoms with Crippen molar-refractivity contribution in [2.45, 2.75) is 149 Å². The van der Waals surface area contributed by atoms with Crippen LogP contribution in [0.2, 0.25) is 0 Å². The van der Waals surface area contributed by atoms with Gasteiger partial charge in [0.25, 0.3) is 5.91 Å². The fourth-order valence-corrected chi connectivity index (χ4v) is 8.20. The normalized spacial score (nSPS) is 24.7. The molecule has 1 fully saturated rings. The van der Waals surface area contributed by atoms with Gasteiger partial charge in [0.2, 0.25) is 35.4 Å². The van der Waals surface area contributed by atoms with Gasteiger partial charge in [-0.05, 0) is 69.3 Å². The van der Waals surface area contributed by atoms with Crippen LogP contribution in [0, 0.1) is 29.6 Å². The van der Waals surface area contributed by atoms with Gasteiger partial charge < -0.3 is 63.2 Å². The number of hydrogen-bond acceptors (Lipinski definition) is 11. The summed E-state index contributed by atoms with van der Waals surface area (Å²) in [6.07, 6.45) is 5.32. The fourth-order valence-electron chi connectivity index (χ4n) is 8.20. The van der Waals surface area contributed by atoms with Crippen molar-refractivity contribution in [3.63, 3.8) is 0 Å². The zero-order chi connectivity index (χ0) is 56.7. The van der Waals surface area contributed by atoms with Crippen LogP contribution in [0.1, 0.15) is 106 Å². The first-order chi connectivity index (χ1) is 35.2. The standard InChI is InChI=1S/C53H82N10O12/c1-29(2)25-40-49(69)61-41(26-30(3)4)50(70)62-44(52(73)74)34(8)46(66)58-38(19-15-16-24-56-53(54)55)48(68)57-37(21-20-31(5)27-32(6)42(75-11)28-36-17-13-12-14-18-36)33(7)45(65)59-39(51(71)72)22-23-43(64)63(10)35(9)47(67)60-40/h12-14,17-18,20-21,27,29-30,32-34,37-42,44H,9,15-16,19,22-26,28H2,1-8,10-11H3,(H,57,68)(H,58,66)(H,59,65)(H,60,67)(H,61,69)(H,62,70)(H,71,72)(H,73,74)(H4,54,55,56)/b21-20+,31-27+/t32-,33-,34-,37?,38-,39?,40?,41-,42-,44+/m0/s1. The van der Waals surface area contributed by atoms with Crippen molar-refractivity contribution < 1.29 is 58.1 Å². The van der Waals surface area contributed by atoms with Crippen molar-refractivity contribution in [1.29, 1.82) is 0 Å². The zero-order valence-corrected chi connectivity index (χ0v) is 45.1. The maximum absolute atomic E-state index is 14.5.